The maximum absolute atomic E-state index is 15.1. The Kier molecular flexibility index (Phi) is 8.54. The van der Waals surface area contributed by atoms with Crippen LogP contribution in [-0.2, 0) is 6.42 Å². The molecule has 0 aliphatic heterocycles. The van der Waals surface area contributed by atoms with E-state index in [1.54, 1.807) is 6.07 Å². The van der Waals surface area contributed by atoms with E-state index >= 15 is 8.78 Å². The minimum atomic E-state index is -4.72. The van der Waals surface area contributed by atoms with Crippen LogP contribution in [0.4, 0.5) is 35.1 Å². The van der Waals surface area contributed by atoms with Gasteiger partial charge in [0.05, 0.1) is 11.1 Å². The van der Waals surface area contributed by atoms with E-state index in [-0.39, 0.29) is 16.1 Å². The first kappa shape index (κ1) is 29.1. The monoisotopic (exact) mass is 582 g/mol. The van der Waals surface area contributed by atoms with Gasteiger partial charge in [-0.15, -0.1) is 0 Å². The van der Waals surface area contributed by atoms with Gasteiger partial charge in [0, 0.05) is 11.1 Å². The second-order valence-electron chi connectivity index (χ2n) is 8.82. The number of ether oxygens (including phenoxy) is 1. The Morgan fingerprint density at radius 2 is 1.32 bits per heavy atom. The van der Waals surface area contributed by atoms with Gasteiger partial charge in [0.1, 0.15) is 11.6 Å². The highest BCUT2D eigenvalue weighted by Gasteiger charge is 2.33. The van der Waals surface area contributed by atoms with Crippen molar-refractivity contribution in [3.63, 3.8) is 0 Å². The molecule has 0 unspecified atom stereocenters. The van der Waals surface area contributed by atoms with Crippen molar-refractivity contribution in [1.82, 2.24) is 0 Å². The summed E-state index contributed by atoms with van der Waals surface area (Å²) in [6.45, 7) is 2.07. The minimum Gasteiger partial charge on any atom is -0.423 e. The van der Waals surface area contributed by atoms with Crippen LogP contribution in [0.2, 0.25) is 5.02 Å². The fraction of sp³-hybridized carbons (Fsp3) is 0.133. The van der Waals surface area contributed by atoms with E-state index in [1.807, 2.05) is 24.3 Å². The zero-order valence-corrected chi connectivity index (χ0v) is 21.4. The molecule has 0 bridgehead atoms. The van der Waals surface area contributed by atoms with Crippen LogP contribution in [0.1, 0.15) is 18.9 Å². The second-order valence-corrected chi connectivity index (χ2v) is 9.23. The van der Waals surface area contributed by atoms with Gasteiger partial charge in [-0.25, -0.2) is 17.6 Å². The maximum Gasteiger partial charge on any atom is 0.425 e. The molecule has 10 heteroatoms. The van der Waals surface area contributed by atoms with Crippen LogP contribution in [-0.4, -0.2) is 6.11 Å². The topological polar surface area (TPSA) is 9.23 Å². The molecule has 0 N–H and O–H groups in total. The number of alkyl halides is 2. The Hall–Kier alpha value is -3.85. The van der Waals surface area contributed by atoms with Crippen LogP contribution in [0.3, 0.4) is 0 Å². The Morgan fingerprint density at radius 1 is 0.750 bits per heavy atom. The molecule has 0 amide bonds. The predicted octanol–water partition coefficient (Wildman–Crippen LogP) is 10.6. The molecule has 40 heavy (non-hydrogen) atoms. The molecule has 0 fully saturated rings. The van der Waals surface area contributed by atoms with Crippen molar-refractivity contribution in [3.05, 3.63) is 113 Å². The van der Waals surface area contributed by atoms with Crippen LogP contribution >= 0.6 is 11.6 Å². The summed E-state index contributed by atoms with van der Waals surface area (Å²) in [7, 11) is 0. The largest absolute Gasteiger partial charge is 0.425 e. The van der Waals surface area contributed by atoms with Crippen LogP contribution in [0, 0.1) is 23.3 Å². The lowest BCUT2D eigenvalue weighted by molar-refractivity contribution is -0.137. The van der Waals surface area contributed by atoms with Crippen molar-refractivity contribution >= 4 is 11.6 Å². The van der Waals surface area contributed by atoms with Gasteiger partial charge >= 0.3 is 6.11 Å². The van der Waals surface area contributed by atoms with Gasteiger partial charge in [-0.2, -0.15) is 17.6 Å². The Bertz CT molecular complexity index is 1530. The lowest BCUT2D eigenvalue weighted by atomic mass is 9.96. The van der Waals surface area contributed by atoms with Crippen molar-refractivity contribution in [1.29, 1.82) is 0 Å². The first-order valence-corrected chi connectivity index (χ1v) is 12.2. The molecule has 4 aromatic carbocycles. The summed E-state index contributed by atoms with van der Waals surface area (Å²) in [6, 6.07) is 15.0. The van der Waals surface area contributed by atoms with Gasteiger partial charge in [0.25, 0.3) is 6.08 Å². The van der Waals surface area contributed by atoms with Gasteiger partial charge in [-0.05, 0) is 64.6 Å². The number of benzene rings is 4. The molecule has 0 spiro atoms. The van der Waals surface area contributed by atoms with E-state index in [0.29, 0.717) is 17.7 Å². The number of rotatable bonds is 8. The first-order chi connectivity index (χ1) is 18.9. The third-order valence-electron chi connectivity index (χ3n) is 5.95. The van der Waals surface area contributed by atoms with Gasteiger partial charge in [-0.3, -0.25) is 0 Å². The Labute approximate surface area is 229 Å². The van der Waals surface area contributed by atoms with E-state index in [0.717, 1.165) is 30.0 Å². The molecule has 0 saturated heterocycles. The molecule has 0 aliphatic carbocycles. The SMILES string of the molecule is CCCc1ccc(-c2ccc(-c3cc(F)c(-c4cc(F)c(OC(F)(F)C=C(F)F)c(F)c4)c(Cl)c3)c(F)c2)cc1. The molecule has 4 rings (SSSR count). The number of halogens is 9. The molecule has 4 aromatic rings. The molecule has 1 nitrogen and oxygen atoms in total. The van der Waals surface area contributed by atoms with Crippen LogP contribution in [0.25, 0.3) is 33.4 Å². The summed E-state index contributed by atoms with van der Waals surface area (Å²) in [5.74, 6) is -6.84. The van der Waals surface area contributed by atoms with Gasteiger partial charge in [0.2, 0.25) is 0 Å². The van der Waals surface area contributed by atoms with E-state index < -0.39 is 58.4 Å². The van der Waals surface area contributed by atoms with Crippen LogP contribution in [0.5, 0.6) is 5.75 Å². The summed E-state index contributed by atoms with van der Waals surface area (Å²) in [5.41, 5.74) is 1.58. The first-order valence-electron chi connectivity index (χ1n) is 11.9. The third kappa shape index (κ3) is 6.47. The Balaban J connectivity index is 1.65. The quantitative estimate of drug-likeness (QED) is 0.188. The number of hydrogen-bond donors (Lipinski definition) is 0. The molecule has 0 radical (unpaired) electrons. The molecular formula is C30H19ClF8O. The van der Waals surface area contributed by atoms with Gasteiger partial charge in [-0.1, -0.05) is 61.3 Å². The molecule has 0 atom stereocenters. The number of hydrogen-bond acceptors (Lipinski definition) is 1. The summed E-state index contributed by atoms with van der Waals surface area (Å²) < 4.78 is 114. The van der Waals surface area contributed by atoms with Crippen LogP contribution < -0.4 is 4.74 Å². The summed E-state index contributed by atoms with van der Waals surface area (Å²) in [6.07, 6.45) is -6.56. The van der Waals surface area contributed by atoms with Crippen molar-refractivity contribution in [2.45, 2.75) is 25.9 Å². The van der Waals surface area contributed by atoms with Crippen LogP contribution in [0.15, 0.2) is 78.9 Å². The predicted molar refractivity (Wildman–Crippen MR) is 137 cm³/mol. The van der Waals surface area contributed by atoms with E-state index in [9.17, 15) is 26.3 Å². The lowest BCUT2D eigenvalue weighted by Crippen LogP contribution is -2.23. The average Bonchev–Trinajstić information content (AvgIpc) is 2.85. The minimum absolute atomic E-state index is 0.00944. The number of aryl methyl sites for hydroxylation is 1. The van der Waals surface area contributed by atoms with Crippen molar-refractivity contribution in [3.8, 4) is 39.1 Å². The molecule has 0 saturated carbocycles. The normalized spacial score (nSPS) is 11.4. The van der Waals surface area contributed by atoms with E-state index in [4.69, 9.17) is 11.6 Å². The van der Waals surface area contributed by atoms with Crippen molar-refractivity contribution in [2.75, 3.05) is 0 Å². The summed E-state index contributed by atoms with van der Waals surface area (Å²) in [5, 5.41) is -0.356. The van der Waals surface area contributed by atoms with E-state index in [2.05, 4.69) is 11.7 Å². The summed E-state index contributed by atoms with van der Waals surface area (Å²) >= 11 is 6.20. The highest BCUT2D eigenvalue weighted by Crippen LogP contribution is 2.39. The fourth-order valence-corrected chi connectivity index (χ4v) is 4.50. The molecular weight excluding hydrogens is 564 g/mol. The Morgan fingerprint density at radius 3 is 1.88 bits per heavy atom. The fourth-order valence-electron chi connectivity index (χ4n) is 4.18. The van der Waals surface area contributed by atoms with Gasteiger partial charge < -0.3 is 4.74 Å². The average molecular weight is 583 g/mol. The third-order valence-corrected chi connectivity index (χ3v) is 6.25. The molecule has 208 valence electrons. The lowest BCUT2D eigenvalue weighted by Gasteiger charge is -2.16. The van der Waals surface area contributed by atoms with E-state index in [1.165, 1.54) is 18.2 Å². The van der Waals surface area contributed by atoms with Crippen molar-refractivity contribution < 1.29 is 39.9 Å². The zero-order chi connectivity index (χ0) is 29.2. The second kappa shape index (κ2) is 11.7. The molecule has 0 aromatic heterocycles. The van der Waals surface area contributed by atoms with Crippen molar-refractivity contribution in [2.24, 2.45) is 0 Å². The van der Waals surface area contributed by atoms with Gasteiger partial charge in [0.15, 0.2) is 17.4 Å². The molecule has 0 heterocycles. The highest BCUT2D eigenvalue weighted by atomic mass is 35.5. The highest BCUT2D eigenvalue weighted by molar-refractivity contribution is 6.33. The molecule has 0 aliphatic rings. The maximum atomic E-state index is 15.1. The zero-order valence-electron chi connectivity index (χ0n) is 20.7. The smallest absolute Gasteiger partial charge is 0.423 e. The summed E-state index contributed by atoms with van der Waals surface area (Å²) in [4.78, 5) is 0. The standard InChI is InChI=1S/C30H19ClF8O/c1-2-3-16-4-6-17(7-5-16)18-8-9-21(23(32)11-18)19-10-22(31)28(24(33)12-19)20-13-25(34)29(26(35)14-20)40-30(38,39)15-27(36)37/h4-15H,2-3H2,1H3.